The van der Waals surface area contributed by atoms with E-state index in [4.69, 9.17) is 18.0 Å². The number of nitrogens with two attached hydrogens (primary N) is 1. The first-order chi connectivity index (χ1) is 8.82. The molecule has 1 amide bonds. The topological polar surface area (TPSA) is 58.4 Å². The molecule has 3 N–H and O–H groups in total. The molecule has 0 aliphatic heterocycles. The van der Waals surface area contributed by atoms with Crippen LogP contribution in [0.3, 0.4) is 0 Å². The molecule has 0 fully saturated rings. The third-order valence-electron chi connectivity index (χ3n) is 2.91. The number of rotatable bonds is 5. The Kier molecular flexibility index (Phi) is 5.30. The summed E-state index contributed by atoms with van der Waals surface area (Å²) in [6.07, 6.45) is 0. The Morgan fingerprint density at radius 2 is 1.79 bits per heavy atom. The van der Waals surface area contributed by atoms with Gasteiger partial charge in [-0.2, -0.15) is 0 Å². The molecule has 1 atom stereocenters. The van der Waals surface area contributed by atoms with Gasteiger partial charge in [-0.25, -0.2) is 0 Å². The van der Waals surface area contributed by atoms with Crippen molar-refractivity contribution in [2.24, 2.45) is 11.7 Å². The molecule has 0 bridgehead atoms. The molecule has 0 heterocycles. The maximum Gasteiger partial charge on any atom is 0.251 e. The third-order valence-corrected chi connectivity index (χ3v) is 3.16. The second-order valence-corrected chi connectivity index (χ2v) is 5.51. The second kappa shape index (κ2) is 6.52. The predicted octanol–water partition coefficient (Wildman–Crippen LogP) is 1.79. The van der Waals surface area contributed by atoms with E-state index in [2.05, 4.69) is 5.32 Å². The van der Waals surface area contributed by atoms with Crippen molar-refractivity contribution < 1.29 is 4.79 Å². The number of carbonyl (C=O) groups excluding carboxylic acids is 1. The number of benzene rings is 1. The van der Waals surface area contributed by atoms with Gasteiger partial charge in [-0.15, -0.1) is 0 Å². The third kappa shape index (κ3) is 4.21. The van der Waals surface area contributed by atoms with Crippen LogP contribution >= 0.6 is 12.2 Å². The number of anilines is 1. The lowest BCUT2D eigenvalue weighted by molar-refractivity contribution is 0.0940. The number of hydrogen-bond acceptors (Lipinski definition) is 3. The van der Waals surface area contributed by atoms with Gasteiger partial charge < -0.3 is 16.0 Å². The fourth-order valence-electron chi connectivity index (χ4n) is 1.70. The highest BCUT2D eigenvalue weighted by molar-refractivity contribution is 7.80. The molecule has 0 aliphatic rings. The summed E-state index contributed by atoms with van der Waals surface area (Å²) in [7, 11) is 3.91. The van der Waals surface area contributed by atoms with Crippen LogP contribution in [0.25, 0.3) is 0 Å². The summed E-state index contributed by atoms with van der Waals surface area (Å²) in [6.45, 7) is 3.94. The zero-order valence-electron chi connectivity index (χ0n) is 11.8. The molecule has 0 aliphatic carbocycles. The lowest BCUT2D eigenvalue weighted by Gasteiger charge is -2.21. The van der Waals surface area contributed by atoms with Gasteiger partial charge in [-0.05, 0) is 30.2 Å². The Hall–Kier alpha value is -1.62. The van der Waals surface area contributed by atoms with E-state index >= 15 is 0 Å². The standard InChI is InChI=1S/C14H21N3OS/c1-9(2)12(13(15)19)16-14(18)10-5-7-11(8-6-10)17(3)4/h5-9,12H,1-4H3,(H2,15,19)(H,16,18). The first-order valence-electron chi connectivity index (χ1n) is 6.20. The van der Waals surface area contributed by atoms with Crippen LogP contribution in [0.15, 0.2) is 24.3 Å². The summed E-state index contributed by atoms with van der Waals surface area (Å²) < 4.78 is 0. The molecule has 19 heavy (non-hydrogen) atoms. The monoisotopic (exact) mass is 279 g/mol. The Balaban J connectivity index is 2.80. The smallest absolute Gasteiger partial charge is 0.251 e. The van der Waals surface area contributed by atoms with Crippen LogP contribution in [-0.4, -0.2) is 31.0 Å². The van der Waals surface area contributed by atoms with E-state index in [0.29, 0.717) is 10.6 Å². The van der Waals surface area contributed by atoms with Crippen molar-refractivity contribution in [1.29, 1.82) is 0 Å². The SMILES string of the molecule is CC(C)C(NC(=O)c1ccc(N(C)C)cc1)C(N)=S. The van der Waals surface area contributed by atoms with Crippen LogP contribution in [0.5, 0.6) is 0 Å². The summed E-state index contributed by atoms with van der Waals surface area (Å²) >= 11 is 4.97. The van der Waals surface area contributed by atoms with Crippen LogP contribution in [0.1, 0.15) is 24.2 Å². The molecule has 0 aromatic heterocycles. The van der Waals surface area contributed by atoms with Crippen LogP contribution in [0.2, 0.25) is 0 Å². The lowest BCUT2D eigenvalue weighted by Crippen LogP contribution is -2.46. The van der Waals surface area contributed by atoms with E-state index in [1.165, 1.54) is 0 Å². The summed E-state index contributed by atoms with van der Waals surface area (Å²) in [6, 6.07) is 7.11. The van der Waals surface area contributed by atoms with Crippen molar-refractivity contribution >= 4 is 28.8 Å². The summed E-state index contributed by atoms with van der Waals surface area (Å²) in [5.41, 5.74) is 7.29. The molecular weight excluding hydrogens is 258 g/mol. The number of carbonyl (C=O) groups is 1. The van der Waals surface area contributed by atoms with Gasteiger partial charge in [-0.1, -0.05) is 26.1 Å². The molecule has 1 unspecified atom stereocenters. The summed E-state index contributed by atoms with van der Waals surface area (Å²) in [5, 5.41) is 2.86. The fourth-order valence-corrected chi connectivity index (χ4v) is 2.03. The van der Waals surface area contributed by atoms with Crippen molar-refractivity contribution in [1.82, 2.24) is 5.32 Å². The molecule has 0 saturated heterocycles. The van der Waals surface area contributed by atoms with Crippen LogP contribution in [0, 0.1) is 5.92 Å². The van der Waals surface area contributed by atoms with E-state index in [9.17, 15) is 4.79 Å². The van der Waals surface area contributed by atoms with Gasteiger partial charge in [0.25, 0.3) is 5.91 Å². The Bertz CT molecular complexity index is 454. The average Bonchev–Trinajstić information content (AvgIpc) is 2.34. The van der Waals surface area contributed by atoms with Gasteiger partial charge in [0.05, 0.1) is 11.0 Å². The predicted molar refractivity (Wildman–Crippen MR) is 83.6 cm³/mol. The number of nitrogens with zero attached hydrogens (tertiary/aromatic N) is 1. The Morgan fingerprint density at radius 1 is 1.26 bits per heavy atom. The summed E-state index contributed by atoms with van der Waals surface area (Å²) in [5.74, 6) is 0.0132. The number of hydrogen-bond donors (Lipinski definition) is 2. The van der Waals surface area contributed by atoms with Crippen molar-refractivity contribution in [3.05, 3.63) is 29.8 Å². The normalized spacial score (nSPS) is 12.1. The highest BCUT2D eigenvalue weighted by Gasteiger charge is 2.19. The van der Waals surface area contributed by atoms with Crippen LogP contribution in [-0.2, 0) is 0 Å². The molecule has 1 aromatic rings. The van der Waals surface area contributed by atoms with Crippen molar-refractivity contribution in [2.75, 3.05) is 19.0 Å². The second-order valence-electron chi connectivity index (χ2n) is 5.04. The maximum absolute atomic E-state index is 12.1. The van der Waals surface area contributed by atoms with Gasteiger partial charge in [0.15, 0.2) is 0 Å². The maximum atomic E-state index is 12.1. The van der Waals surface area contributed by atoms with E-state index in [1.54, 1.807) is 12.1 Å². The highest BCUT2D eigenvalue weighted by atomic mass is 32.1. The summed E-state index contributed by atoms with van der Waals surface area (Å²) in [4.78, 5) is 14.4. The molecule has 0 saturated carbocycles. The number of nitrogens with one attached hydrogen (secondary N) is 1. The average molecular weight is 279 g/mol. The van der Waals surface area contributed by atoms with Crippen molar-refractivity contribution in [3.63, 3.8) is 0 Å². The number of thiocarbonyl (C=S) groups is 1. The molecular formula is C14H21N3OS. The molecule has 5 heteroatoms. The highest BCUT2D eigenvalue weighted by Crippen LogP contribution is 2.13. The Labute approximate surface area is 120 Å². The largest absolute Gasteiger partial charge is 0.392 e. The Morgan fingerprint density at radius 3 is 2.16 bits per heavy atom. The molecule has 0 radical (unpaired) electrons. The van der Waals surface area contributed by atoms with Gasteiger partial charge >= 0.3 is 0 Å². The van der Waals surface area contributed by atoms with E-state index < -0.39 is 0 Å². The van der Waals surface area contributed by atoms with E-state index in [0.717, 1.165) is 5.69 Å². The molecule has 0 spiro atoms. The zero-order chi connectivity index (χ0) is 14.6. The minimum absolute atomic E-state index is 0.156. The first-order valence-corrected chi connectivity index (χ1v) is 6.61. The number of amides is 1. The van der Waals surface area contributed by atoms with Crippen LogP contribution < -0.4 is 16.0 Å². The van der Waals surface area contributed by atoms with Gasteiger partial charge in [-0.3, -0.25) is 4.79 Å². The quantitative estimate of drug-likeness (QED) is 0.807. The van der Waals surface area contributed by atoms with Gasteiger partial charge in [0.2, 0.25) is 0 Å². The lowest BCUT2D eigenvalue weighted by atomic mass is 10.0. The molecule has 4 nitrogen and oxygen atoms in total. The minimum Gasteiger partial charge on any atom is -0.392 e. The van der Waals surface area contributed by atoms with E-state index in [-0.39, 0.29) is 17.9 Å². The molecule has 104 valence electrons. The zero-order valence-corrected chi connectivity index (χ0v) is 12.6. The van der Waals surface area contributed by atoms with Crippen LogP contribution in [0.4, 0.5) is 5.69 Å². The minimum atomic E-state index is -0.281. The van der Waals surface area contributed by atoms with Gasteiger partial charge in [0, 0.05) is 25.3 Å². The van der Waals surface area contributed by atoms with Crippen molar-refractivity contribution in [3.8, 4) is 0 Å². The first kappa shape index (κ1) is 15.4. The van der Waals surface area contributed by atoms with Crippen molar-refractivity contribution in [2.45, 2.75) is 19.9 Å². The van der Waals surface area contributed by atoms with E-state index in [1.807, 2.05) is 45.0 Å². The molecule has 1 aromatic carbocycles. The molecule has 1 rings (SSSR count). The van der Waals surface area contributed by atoms with Gasteiger partial charge in [0.1, 0.15) is 0 Å². The fraction of sp³-hybridized carbons (Fsp3) is 0.429.